The molecule has 1 saturated heterocycles. The van der Waals surface area contributed by atoms with Gasteiger partial charge in [-0.25, -0.2) is 13.2 Å². The molecule has 1 saturated carbocycles. The summed E-state index contributed by atoms with van der Waals surface area (Å²) in [4.78, 5) is 39.9. The fraction of sp³-hybridized carbons (Fsp3) is 0.289. The number of carbonyl (C=O) groups excluding carboxylic acids is 3. The summed E-state index contributed by atoms with van der Waals surface area (Å²) in [6.07, 6.45) is 2.51. The zero-order valence-electron chi connectivity index (χ0n) is 34.5. The maximum Gasteiger partial charge on any atom is 0.387 e. The van der Waals surface area contributed by atoms with Crippen LogP contribution in [0, 0.1) is 11.1 Å². The number of anilines is 1. The molecule has 0 radical (unpaired) electrons. The number of amides is 2. The van der Waals surface area contributed by atoms with Crippen molar-refractivity contribution in [1.29, 1.82) is 0 Å². The number of sulfonamides is 1. The first kappa shape index (κ1) is 47.3. The zero-order valence-corrected chi connectivity index (χ0v) is 37.6. The van der Waals surface area contributed by atoms with Gasteiger partial charge in [0, 0.05) is 60.7 Å². The molecular weight excluding hydrogens is 928 g/mol. The number of halogens is 4. The topological polar surface area (TPSA) is 179 Å². The number of alkyl halides is 2. The van der Waals surface area contributed by atoms with Gasteiger partial charge in [0.25, 0.3) is 11.8 Å². The van der Waals surface area contributed by atoms with Crippen molar-refractivity contribution in [2.24, 2.45) is 5.92 Å². The summed E-state index contributed by atoms with van der Waals surface area (Å²) < 4.78 is 73.0. The number of thioether (sulfide) groups is 1. The van der Waals surface area contributed by atoms with Gasteiger partial charge in [-0.1, -0.05) is 65.7 Å². The molecule has 65 heavy (non-hydrogen) atoms. The Morgan fingerprint density at radius 1 is 0.862 bits per heavy atom. The average Bonchev–Trinajstić information content (AvgIpc) is 3.99. The highest BCUT2D eigenvalue weighted by molar-refractivity contribution is 8.02. The van der Waals surface area contributed by atoms with Gasteiger partial charge in [-0.15, -0.1) is 11.8 Å². The summed E-state index contributed by atoms with van der Waals surface area (Å²) in [7, 11) is -4.41. The lowest BCUT2D eigenvalue weighted by Crippen LogP contribution is -2.41. The predicted octanol–water partition coefficient (Wildman–Crippen LogP) is 7.38. The standard InChI is InChI=1S/C45H43Cl2F2N5O9S2/c46-36-25-53(58)26-37(47)35(36)23-39(30-14-15-38(63-45(48)49)40(22-30)61-27-28-12-13-28)62-44(57)43-54(18-19-64-43)65(59,60)34-11-5-8-32(21-34)42(56)51-17-16-50-41(55)31-7-4-6-29(20-31)24-52-33-9-2-1-3-10-33/h1-11,14-15,20-22,25-26,28,39,43,45,52H,12-13,16-19,23-24,27H2,(H,50,55)(H,51,56). The van der Waals surface area contributed by atoms with E-state index >= 15 is 0 Å². The van der Waals surface area contributed by atoms with Gasteiger partial charge in [0.15, 0.2) is 29.3 Å². The third kappa shape index (κ3) is 12.6. The number of ether oxygens (including phenoxy) is 3. The molecule has 0 spiro atoms. The lowest BCUT2D eigenvalue weighted by Gasteiger charge is -2.26. The van der Waals surface area contributed by atoms with Crippen molar-refractivity contribution >= 4 is 68.5 Å². The van der Waals surface area contributed by atoms with Crippen LogP contribution in [0.15, 0.2) is 114 Å². The number of rotatable bonds is 20. The molecule has 1 aliphatic heterocycles. The predicted molar refractivity (Wildman–Crippen MR) is 241 cm³/mol. The molecule has 2 aliphatic rings. The van der Waals surface area contributed by atoms with Crippen LogP contribution in [-0.4, -0.2) is 74.5 Å². The number of carbonyl (C=O) groups is 3. The van der Waals surface area contributed by atoms with E-state index in [0.717, 1.165) is 52.6 Å². The van der Waals surface area contributed by atoms with Crippen LogP contribution < -0.4 is 30.2 Å². The Labute approximate surface area is 388 Å². The number of aromatic nitrogens is 1. The van der Waals surface area contributed by atoms with Crippen LogP contribution in [-0.2, 0) is 32.5 Å². The number of esters is 1. The van der Waals surface area contributed by atoms with Crippen LogP contribution in [0.2, 0.25) is 10.0 Å². The molecule has 20 heteroatoms. The van der Waals surface area contributed by atoms with E-state index < -0.39 is 40.0 Å². The minimum atomic E-state index is -4.41. The smallest absolute Gasteiger partial charge is 0.387 e. The van der Waals surface area contributed by atoms with Crippen LogP contribution in [0.25, 0.3) is 0 Å². The van der Waals surface area contributed by atoms with Crippen molar-refractivity contribution < 1.29 is 50.5 Å². The number of para-hydroxylation sites is 1. The highest BCUT2D eigenvalue weighted by Crippen LogP contribution is 2.39. The molecule has 3 N–H and O–H groups in total. The second-order valence-electron chi connectivity index (χ2n) is 15.1. The second kappa shape index (κ2) is 21.6. The van der Waals surface area contributed by atoms with Crippen LogP contribution in [0.1, 0.15) is 56.4 Å². The molecule has 4 aromatic carbocycles. The first-order valence-corrected chi connectivity index (χ1v) is 23.7. The Bertz CT molecular complexity index is 2610. The number of nitrogens with zero attached hydrogens (tertiary/aromatic N) is 2. The molecule has 342 valence electrons. The van der Waals surface area contributed by atoms with Crippen molar-refractivity contribution in [2.75, 3.05) is 37.3 Å². The number of nitrogens with one attached hydrogen (secondary N) is 3. The summed E-state index contributed by atoms with van der Waals surface area (Å²) in [6, 6.07) is 26.2. The summed E-state index contributed by atoms with van der Waals surface area (Å²) in [5, 5.41) is 19.3. The van der Waals surface area contributed by atoms with E-state index in [2.05, 4.69) is 20.7 Å². The Morgan fingerprint density at radius 2 is 1.54 bits per heavy atom. The largest absolute Gasteiger partial charge is 0.619 e. The molecule has 5 aromatic rings. The normalized spacial score (nSPS) is 15.6. The third-order valence-corrected chi connectivity index (χ3v) is 14.2. The average molecular weight is 971 g/mol. The van der Waals surface area contributed by atoms with E-state index in [4.69, 9.17) is 32.7 Å². The molecule has 14 nitrogen and oxygen atoms in total. The molecule has 1 aromatic heterocycles. The fourth-order valence-electron chi connectivity index (χ4n) is 6.82. The van der Waals surface area contributed by atoms with E-state index in [-0.39, 0.29) is 93.4 Å². The van der Waals surface area contributed by atoms with Crippen LogP contribution >= 0.6 is 35.0 Å². The van der Waals surface area contributed by atoms with E-state index in [1.54, 1.807) is 18.2 Å². The maximum absolute atomic E-state index is 14.2. The van der Waals surface area contributed by atoms with Gasteiger partial charge in [0.05, 0.1) is 11.5 Å². The summed E-state index contributed by atoms with van der Waals surface area (Å²) in [5.41, 5.74) is 2.80. The molecule has 2 fully saturated rings. The second-order valence-corrected chi connectivity index (χ2v) is 19.0. The van der Waals surface area contributed by atoms with Gasteiger partial charge in [0.1, 0.15) is 16.1 Å². The van der Waals surface area contributed by atoms with Crippen molar-refractivity contribution in [2.45, 2.75) is 48.8 Å². The Morgan fingerprint density at radius 3 is 2.22 bits per heavy atom. The zero-order chi connectivity index (χ0) is 46.1. The van der Waals surface area contributed by atoms with Crippen molar-refractivity contribution in [3.8, 4) is 11.5 Å². The molecular formula is C45H43Cl2F2N5O9S2. The first-order chi connectivity index (χ1) is 31.2. The van der Waals surface area contributed by atoms with Crippen LogP contribution in [0.5, 0.6) is 11.5 Å². The van der Waals surface area contributed by atoms with Gasteiger partial charge in [-0.2, -0.15) is 17.8 Å². The van der Waals surface area contributed by atoms with Gasteiger partial charge < -0.3 is 35.4 Å². The highest BCUT2D eigenvalue weighted by atomic mass is 35.5. The van der Waals surface area contributed by atoms with Gasteiger partial charge in [0.2, 0.25) is 10.0 Å². The first-order valence-electron chi connectivity index (χ1n) is 20.4. The highest BCUT2D eigenvalue weighted by Gasteiger charge is 2.42. The minimum absolute atomic E-state index is 0.0251. The quantitative estimate of drug-likeness (QED) is 0.0307. The molecule has 2 amide bonds. The van der Waals surface area contributed by atoms with Crippen molar-refractivity contribution in [1.82, 2.24) is 14.9 Å². The van der Waals surface area contributed by atoms with Crippen molar-refractivity contribution in [3.63, 3.8) is 0 Å². The SMILES string of the molecule is O=C(NCCNC(=O)c1cccc(S(=O)(=O)N2CCSC2C(=O)OC(Cc2c(Cl)c[n+]([O-])cc2Cl)c2ccc(OC(F)F)c(OCC3CC3)c2)c1)c1cccc(CNc2ccccc2)c1. The van der Waals surface area contributed by atoms with Gasteiger partial charge >= 0.3 is 12.6 Å². The third-order valence-electron chi connectivity index (χ3n) is 10.3. The van der Waals surface area contributed by atoms with E-state index in [9.17, 15) is 36.8 Å². The molecule has 2 atom stereocenters. The number of benzene rings is 4. The molecule has 0 bridgehead atoms. The molecule has 2 heterocycles. The lowest BCUT2D eigenvalue weighted by atomic mass is 10.0. The van der Waals surface area contributed by atoms with Crippen LogP contribution in [0.3, 0.4) is 0 Å². The number of hydrogen-bond donors (Lipinski definition) is 3. The summed E-state index contributed by atoms with van der Waals surface area (Å²) in [5.74, 6) is -1.67. The molecule has 7 rings (SSSR count). The Hall–Kier alpha value is -5.66. The molecule has 1 aliphatic carbocycles. The van der Waals surface area contributed by atoms with Gasteiger partial charge in [-0.05, 0) is 84.5 Å². The molecule has 2 unspecified atom stereocenters. The van der Waals surface area contributed by atoms with Crippen LogP contribution in [0.4, 0.5) is 14.5 Å². The van der Waals surface area contributed by atoms with E-state index in [1.165, 1.54) is 42.5 Å². The summed E-state index contributed by atoms with van der Waals surface area (Å²) in [6.45, 7) is -2.33. The fourth-order valence-corrected chi connectivity index (χ4v) is 10.5. The summed E-state index contributed by atoms with van der Waals surface area (Å²) >= 11 is 13.8. The lowest BCUT2D eigenvalue weighted by molar-refractivity contribution is -0.605. The minimum Gasteiger partial charge on any atom is -0.619 e. The van der Waals surface area contributed by atoms with E-state index in [0.29, 0.717) is 16.8 Å². The Kier molecular flexibility index (Phi) is 15.7. The number of pyridine rings is 1. The van der Waals surface area contributed by atoms with E-state index in [1.807, 2.05) is 36.4 Å². The number of hydrogen-bond acceptors (Lipinski definition) is 11. The Balaban J connectivity index is 1.01. The van der Waals surface area contributed by atoms with Gasteiger partial charge in [-0.3, -0.25) is 9.59 Å². The van der Waals surface area contributed by atoms with Crippen molar-refractivity contribution in [3.05, 3.63) is 153 Å². The monoisotopic (exact) mass is 969 g/mol. The maximum atomic E-state index is 14.2.